The highest BCUT2D eigenvalue weighted by Crippen LogP contribution is 2.57. The lowest BCUT2D eigenvalue weighted by Crippen LogP contribution is -2.16. The maximum Gasteiger partial charge on any atom is 0.136 e. The summed E-state index contributed by atoms with van der Waals surface area (Å²) in [5, 5.41) is 2.28. The minimum absolute atomic E-state index is 0.0958. The van der Waals surface area contributed by atoms with Crippen molar-refractivity contribution in [3.05, 3.63) is 198 Å². The van der Waals surface area contributed by atoms with Crippen molar-refractivity contribution in [2.75, 3.05) is 4.90 Å². The molecular formula is C54H41NO. The minimum Gasteiger partial charge on any atom is -0.456 e. The van der Waals surface area contributed by atoms with Crippen LogP contribution in [-0.4, -0.2) is 0 Å². The highest BCUT2D eigenvalue weighted by atomic mass is 16.3. The van der Waals surface area contributed by atoms with Crippen LogP contribution in [0.2, 0.25) is 0 Å². The third kappa shape index (κ3) is 4.62. The van der Waals surface area contributed by atoms with Gasteiger partial charge in [-0.15, -0.1) is 0 Å². The second-order valence-electron chi connectivity index (χ2n) is 16.5. The first-order chi connectivity index (χ1) is 27.3. The van der Waals surface area contributed by atoms with Gasteiger partial charge >= 0.3 is 0 Å². The summed E-state index contributed by atoms with van der Waals surface area (Å²) < 4.78 is 6.36. The van der Waals surface area contributed by atoms with E-state index in [2.05, 4.69) is 196 Å². The average molecular weight is 720 g/mol. The van der Waals surface area contributed by atoms with Crippen molar-refractivity contribution in [3.8, 4) is 44.5 Å². The van der Waals surface area contributed by atoms with Crippen LogP contribution in [0.1, 0.15) is 49.9 Å². The summed E-state index contributed by atoms with van der Waals surface area (Å²) in [7, 11) is 0. The molecule has 56 heavy (non-hydrogen) atoms. The summed E-state index contributed by atoms with van der Waals surface area (Å²) in [4.78, 5) is 2.51. The Hall–Kier alpha value is -6.64. The van der Waals surface area contributed by atoms with Crippen molar-refractivity contribution in [1.29, 1.82) is 0 Å². The van der Waals surface area contributed by atoms with Crippen LogP contribution in [0.3, 0.4) is 0 Å². The van der Waals surface area contributed by atoms with Gasteiger partial charge in [0.25, 0.3) is 0 Å². The van der Waals surface area contributed by atoms with Crippen molar-refractivity contribution in [1.82, 2.24) is 0 Å². The highest BCUT2D eigenvalue weighted by molar-refractivity contribution is 6.06. The number of fused-ring (bicyclic) bond motifs is 9. The van der Waals surface area contributed by atoms with E-state index >= 15 is 0 Å². The van der Waals surface area contributed by atoms with Gasteiger partial charge in [-0.05, 0) is 98.1 Å². The van der Waals surface area contributed by atoms with E-state index in [1.54, 1.807) is 0 Å². The predicted molar refractivity (Wildman–Crippen MR) is 234 cm³/mol. The largest absolute Gasteiger partial charge is 0.456 e. The lowest BCUT2D eigenvalue weighted by molar-refractivity contribution is 0.660. The fourth-order valence-electron chi connectivity index (χ4n) is 9.93. The third-order valence-corrected chi connectivity index (χ3v) is 12.7. The van der Waals surface area contributed by atoms with Gasteiger partial charge < -0.3 is 9.32 Å². The Morgan fingerprint density at radius 2 is 0.911 bits per heavy atom. The summed E-state index contributed by atoms with van der Waals surface area (Å²) in [5.74, 6) is 0. The Bertz CT molecular complexity index is 3050. The molecule has 0 atom stereocenters. The molecule has 0 amide bonds. The van der Waals surface area contributed by atoms with Crippen LogP contribution < -0.4 is 4.90 Å². The fourth-order valence-corrected chi connectivity index (χ4v) is 9.93. The van der Waals surface area contributed by atoms with Crippen molar-refractivity contribution >= 4 is 39.0 Å². The predicted octanol–water partition coefficient (Wildman–Crippen LogP) is 15.0. The molecule has 2 aliphatic rings. The molecule has 0 spiro atoms. The maximum atomic E-state index is 6.36. The summed E-state index contributed by atoms with van der Waals surface area (Å²) in [6.45, 7) is 9.45. The summed E-state index contributed by atoms with van der Waals surface area (Å²) in [6, 6.07) is 64.6. The molecule has 0 aliphatic heterocycles. The van der Waals surface area contributed by atoms with Crippen molar-refractivity contribution in [2.45, 2.75) is 38.5 Å². The lowest BCUT2D eigenvalue weighted by atomic mass is 9.82. The molecule has 2 aliphatic carbocycles. The van der Waals surface area contributed by atoms with Gasteiger partial charge in [0.2, 0.25) is 0 Å². The summed E-state index contributed by atoms with van der Waals surface area (Å²) in [6.07, 6.45) is 0. The molecule has 0 saturated heterocycles. The van der Waals surface area contributed by atoms with Crippen LogP contribution in [0.4, 0.5) is 17.1 Å². The molecule has 8 aromatic carbocycles. The van der Waals surface area contributed by atoms with Gasteiger partial charge in [-0.25, -0.2) is 0 Å². The van der Waals surface area contributed by atoms with Gasteiger partial charge in [-0.3, -0.25) is 0 Å². The number of nitrogens with zero attached hydrogens (tertiary/aromatic N) is 1. The SMILES string of the molecule is CC1(C)c2ccccc2-c2c(-c3ccccc3N(c3cccc(-c4ccc5c(c4)oc4ccccc45)c3)c3cccc4c3-c3ccccc3C4(C)C)cccc21. The van der Waals surface area contributed by atoms with E-state index in [1.807, 2.05) is 12.1 Å². The average Bonchev–Trinajstić information content (AvgIpc) is 3.81. The zero-order valence-corrected chi connectivity index (χ0v) is 32.1. The van der Waals surface area contributed by atoms with Crippen LogP contribution in [0.5, 0.6) is 0 Å². The van der Waals surface area contributed by atoms with Crippen molar-refractivity contribution < 1.29 is 4.42 Å². The smallest absolute Gasteiger partial charge is 0.136 e. The molecule has 268 valence electrons. The van der Waals surface area contributed by atoms with Gasteiger partial charge in [0, 0.05) is 38.4 Å². The normalized spacial score (nSPS) is 14.4. The Labute approximate surface area is 328 Å². The second-order valence-corrected chi connectivity index (χ2v) is 16.5. The topological polar surface area (TPSA) is 16.4 Å². The monoisotopic (exact) mass is 719 g/mol. The van der Waals surface area contributed by atoms with E-state index in [1.165, 1.54) is 61.3 Å². The number of furan rings is 1. The quantitative estimate of drug-likeness (QED) is 0.176. The van der Waals surface area contributed by atoms with Gasteiger partial charge in [-0.1, -0.05) is 161 Å². The van der Waals surface area contributed by atoms with E-state index in [0.717, 1.165) is 44.4 Å². The van der Waals surface area contributed by atoms with E-state index < -0.39 is 0 Å². The molecule has 0 radical (unpaired) electrons. The molecule has 1 aromatic heterocycles. The fraction of sp³-hybridized carbons (Fsp3) is 0.111. The van der Waals surface area contributed by atoms with Crippen LogP contribution >= 0.6 is 0 Å². The molecule has 1 heterocycles. The van der Waals surface area contributed by atoms with Gasteiger partial charge in [0.1, 0.15) is 11.2 Å². The molecule has 9 aromatic rings. The number of rotatable bonds is 5. The molecule has 0 unspecified atom stereocenters. The Balaban J connectivity index is 1.16. The third-order valence-electron chi connectivity index (χ3n) is 12.7. The van der Waals surface area contributed by atoms with E-state index in [0.29, 0.717) is 0 Å². The molecular weight excluding hydrogens is 679 g/mol. The molecule has 0 bridgehead atoms. The first kappa shape index (κ1) is 32.8. The minimum atomic E-state index is -0.132. The Morgan fingerprint density at radius 3 is 1.70 bits per heavy atom. The number of para-hydroxylation sites is 2. The number of hydrogen-bond donors (Lipinski definition) is 0. The lowest BCUT2D eigenvalue weighted by Gasteiger charge is -2.31. The van der Waals surface area contributed by atoms with Crippen LogP contribution in [0, 0.1) is 0 Å². The standard InChI is InChI=1S/C54H41NO/c1-53(2)43-23-9-5-20-41(43)51-40(22-14-25-45(51)53)37-18-7-11-27-47(37)55(48-28-15-26-46-52(48)42-21-6-10-24-44(42)54(46,3)4)36-17-13-16-34(32-36)35-30-31-39-38-19-8-12-29-49(38)56-50(39)33-35/h5-33H,1-4H3. The summed E-state index contributed by atoms with van der Waals surface area (Å²) >= 11 is 0. The van der Waals surface area contributed by atoms with E-state index in [4.69, 9.17) is 4.42 Å². The Morgan fingerprint density at radius 1 is 0.375 bits per heavy atom. The van der Waals surface area contributed by atoms with E-state index in [-0.39, 0.29) is 10.8 Å². The Kier molecular flexibility index (Phi) is 6.98. The maximum absolute atomic E-state index is 6.36. The molecule has 2 nitrogen and oxygen atoms in total. The number of benzene rings is 8. The van der Waals surface area contributed by atoms with Crippen molar-refractivity contribution in [2.24, 2.45) is 0 Å². The van der Waals surface area contributed by atoms with Crippen LogP contribution in [0.15, 0.2) is 180 Å². The summed E-state index contributed by atoms with van der Waals surface area (Å²) in [5.41, 5.74) is 20.4. The highest BCUT2D eigenvalue weighted by Gasteiger charge is 2.39. The number of hydrogen-bond acceptors (Lipinski definition) is 2. The molecule has 0 N–H and O–H groups in total. The van der Waals surface area contributed by atoms with Crippen LogP contribution in [-0.2, 0) is 10.8 Å². The van der Waals surface area contributed by atoms with Gasteiger partial charge in [-0.2, -0.15) is 0 Å². The molecule has 11 rings (SSSR count). The molecule has 2 heteroatoms. The first-order valence-electron chi connectivity index (χ1n) is 19.7. The number of anilines is 3. The zero-order chi connectivity index (χ0) is 37.8. The van der Waals surface area contributed by atoms with Crippen molar-refractivity contribution in [3.63, 3.8) is 0 Å². The second kappa shape index (κ2) is 11.9. The van der Waals surface area contributed by atoms with E-state index in [9.17, 15) is 0 Å². The molecule has 0 fully saturated rings. The van der Waals surface area contributed by atoms with Gasteiger partial charge in [0.15, 0.2) is 0 Å². The molecule has 0 saturated carbocycles. The first-order valence-corrected chi connectivity index (χ1v) is 19.7. The van der Waals surface area contributed by atoms with Gasteiger partial charge in [0.05, 0.1) is 11.4 Å². The zero-order valence-electron chi connectivity index (χ0n) is 32.1. The van der Waals surface area contributed by atoms with Crippen LogP contribution in [0.25, 0.3) is 66.4 Å².